The largest absolute Gasteiger partial charge is 0.515 e. The molecule has 5 heavy (non-hydrogen) atoms. The molecule has 0 saturated heterocycles. The minimum Gasteiger partial charge on any atom is -0.515 e. The van der Waals surface area contributed by atoms with E-state index in [0.29, 0.717) is 0 Å². The fraction of sp³-hybridized carbons (Fsp3) is 0.500. The maximum Gasteiger partial charge on any atom is 0 e. The maximum atomic E-state index is 5.03. The monoisotopic (exact) mass is 111 g/mol. The average molecular weight is 111 g/mol. The van der Waals surface area contributed by atoms with Crippen molar-refractivity contribution in [1.82, 2.24) is 0 Å². The normalized spacial score (nSPS) is 5.20. The van der Waals surface area contributed by atoms with E-state index in [1.807, 2.05) is 13.8 Å². The van der Waals surface area contributed by atoms with Gasteiger partial charge in [-0.05, 0) is 0 Å². The van der Waals surface area contributed by atoms with Crippen LogP contribution >= 0.6 is 0 Å². The Bertz CT molecular complexity index is 26.6. The van der Waals surface area contributed by atoms with Gasteiger partial charge in [0.25, 0.3) is 0 Å². The van der Waals surface area contributed by atoms with Crippen LogP contribution in [0.25, 0.3) is 0 Å². The zero-order valence-corrected chi connectivity index (χ0v) is 4.54. The Balaban J connectivity index is 0. The zero-order valence-electron chi connectivity index (χ0n) is 3.43. The van der Waals surface area contributed by atoms with Crippen LogP contribution in [0.5, 0.6) is 0 Å². The molecule has 0 aliphatic carbocycles. The second-order valence-electron chi connectivity index (χ2n) is 1.08. The Morgan fingerprint density at radius 1 is 1.40 bits per heavy atom. The van der Waals surface area contributed by atoms with Crippen molar-refractivity contribution in [3.63, 3.8) is 0 Å². The molecule has 0 aliphatic rings. The molecule has 0 aromatic rings. The summed E-state index contributed by atoms with van der Waals surface area (Å²) >= 11 is 0. The Morgan fingerprint density at radius 3 is 1.40 bits per heavy atom. The molecular formula is C4H7Fe-. The van der Waals surface area contributed by atoms with Crippen LogP contribution < -0.4 is 0 Å². The van der Waals surface area contributed by atoms with Gasteiger partial charge < -0.3 is 6.58 Å². The van der Waals surface area contributed by atoms with Crippen molar-refractivity contribution in [3.05, 3.63) is 12.2 Å². The molecule has 0 nitrogen and oxygen atoms in total. The van der Waals surface area contributed by atoms with Gasteiger partial charge in [-0.1, -0.05) is 13.8 Å². The van der Waals surface area contributed by atoms with Crippen molar-refractivity contribution in [1.29, 1.82) is 0 Å². The molecule has 0 amide bonds. The molecule has 32 valence electrons. The third kappa shape index (κ3) is 323. The number of hydrogen-bond donors (Lipinski definition) is 0. The number of allylic oxidation sites excluding steroid dienone is 1. The van der Waals surface area contributed by atoms with E-state index in [9.17, 15) is 0 Å². The van der Waals surface area contributed by atoms with Crippen LogP contribution in [0, 0.1) is 6.58 Å². The Kier molecular flexibility index (Phi) is 7.65. The molecule has 0 atom stereocenters. The molecule has 0 fully saturated rings. The first-order chi connectivity index (χ1) is 1.73. The van der Waals surface area contributed by atoms with Crippen LogP contribution in [0.2, 0.25) is 0 Å². The van der Waals surface area contributed by atoms with Gasteiger partial charge in [0.2, 0.25) is 0 Å². The van der Waals surface area contributed by atoms with Crippen LogP contribution in [0.1, 0.15) is 13.8 Å². The van der Waals surface area contributed by atoms with Gasteiger partial charge in [0.1, 0.15) is 0 Å². The van der Waals surface area contributed by atoms with Crippen LogP contribution in [0.4, 0.5) is 0 Å². The second kappa shape index (κ2) is 4.26. The first-order valence-corrected chi connectivity index (χ1v) is 1.29. The standard InChI is InChI=1S/C4H7.Fe/c1-4(2)3;/h1H,2-3H3;/q-1;. The predicted octanol–water partition coefficient (Wildman–Crippen LogP) is 1.38. The summed E-state index contributed by atoms with van der Waals surface area (Å²) in [4.78, 5) is 0. The first kappa shape index (κ1) is 8.98. The molecule has 0 unspecified atom stereocenters. The summed E-state index contributed by atoms with van der Waals surface area (Å²) < 4.78 is 0. The molecule has 0 heterocycles. The molecular weight excluding hydrogens is 104 g/mol. The van der Waals surface area contributed by atoms with E-state index in [1.165, 1.54) is 0 Å². The van der Waals surface area contributed by atoms with Crippen molar-refractivity contribution in [3.8, 4) is 0 Å². The van der Waals surface area contributed by atoms with Crippen molar-refractivity contribution in [2.24, 2.45) is 0 Å². The Labute approximate surface area is 43.7 Å². The molecule has 1 heteroatoms. The van der Waals surface area contributed by atoms with Crippen molar-refractivity contribution < 1.29 is 17.1 Å². The van der Waals surface area contributed by atoms with Gasteiger partial charge in [-0.3, -0.25) is 5.57 Å². The van der Waals surface area contributed by atoms with E-state index in [4.69, 9.17) is 6.58 Å². The van der Waals surface area contributed by atoms with Gasteiger partial charge >= 0.3 is 0 Å². The second-order valence-corrected chi connectivity index (χ2v) is 1.08. The topological polar surface area (TPSA) is 0 Å². The van der Waals surface area contributed by atoms with Gasteiger partial charge in [-0.15, -0.1) is 0 Å². The summed E-state index contributed by atoms with van der Waals surface area (Å²) in [6, 6.07) is 0. The smallest absolute Gasteiger partial charge is 0 e. The van der Waals surface area contributed by atoms with Gasteiger partial charge in [0.05, 0.1) is 0 Å². The molecule has 0 aromatic heterocycles. The van der Waals surface area contributed by atoms with Gasteiger partial charge in [-0.2, -0.15) is 0 Å². The van der Waals surface area contributed by atoms with Crippen LogP contribution in [-0.4, -0.2) is 0 Å². The zero-order chi connectivity index (χ0) is 3.58. The van der Waals surface area contributed by atoms with Gasteiger partial charge in [-0.25, -0.2) is 0 Å². The van der Waals surface area contributed by atoms with E-state index >= 15 is 0 Å². The predicted molar refractivity (Wildman–Crippen MR) is 19.2 cm³/mol. The van der Waals surface area contributed by atoms with Crippen molar-refractivity contribution >= 4 is 0 Å². The van der Waals surface area contributed by atoms with Crippen LogP contribution in [0.15, 0.2) is 5.57 Å². The minimum absolute atomic E-state index is 0. The van der Waals surface area contributed by atoms with E-state index in [-0.39, 0.29) is 17.1 Å². The SMILES string of the molecule is [CH-]=C(C)C.[Fe]. The summed E-state index contributed by atoms with van der Waals surface area (Å²) in [5.41, 5.74) is 0.917. The number of hydrogen-bond acceptors (Lipinski definition) is 0. The molecule has 0 spiro atoms. The molecule has 0 saturated carbocycles. The molecule has 0 aliphatic heterocycles. The quantitative estimate of drug-likeness (QED) is 0.327. The third-order valence-corrected chi connectivity index (χ3v) is 0. The van der Waals surface area contributed by atoms with Crippen molar-refractivity contribution in [2.45, 2.75) is 13.8 Å². The molecule has 0 bridgehead atoms. The van der Waals surface area contributed by atoms with Crippen LogP contribution in [-0.2, 0) is 17.1 Å². The minimum atomic E-state index is 0. The average Bonchev–Trinajstić information content (AvgIpc) is 0.811. The molecule has 0 rings (SSSR count). The fourth-order valence-corrected chi connectivity index (χ4v) is 0. The summed E-state index contributed by atoms with van der Waals surface area (Å²) in [5.74, 6) is 0. The van der Waals surface area contributed by atoms with Gasteiger partial charge in [0.15, 0.2) is 0 Å². The Morgan fingerprint density at radius 2 is 1.40 bits per heavy atom. The van der Waals surface area contributed by atoms with E-state index in [2.05, 4.69) is 0 Å². The van der Waals surface area contributed by atoms with Crippen molar-refractivity contribution in [2.75, 3.05) is 0 Å². The molecule has 0 N–H and O–H groups in total. The first-order valence-electron chi connectivity index (χ1n) is 1.29. The van der Waals surface area contributed by atoms with E-state index in [1.54, 1.807) is 0 Å². The Hall–Kier alpha value is 0.259. The third-order valence-electron chi connectivity index (χ3n) is 0. The summed E-state index contributed by atoms with van der Waals surface area (Å²) in [6.45, 7) is 8.75. The summed E-state index contributed by atoms with van der Waals surface area (Å²) in [5, 5.41) is 0. The number of rotatable bonds is 0. The van der Waals surface area contributed by atoms with E-state index in [0.717, 1.165) is 5.57 Å². The van der Waals surface area contributed by atoms with Gasteiger partial charge in [0, 0.05) is 17.1 Å². The van der Waals surface area contributed by atoms with E-state index < -0.39 is 0 Å². The van der Waals surface area contributed by atoms with Crippen LogP contribution in [0.3, 0.4) is 0 Å². The molecule has 0 radical (unpaired) electrons. The summed E-state index contributed by atoms with van der Waals surface area (Å²) in [6.07, 6.45) is 0. The maximum absolute atomic E-state index is 5.03. The molecule has 0 aromatic carbocycles. The summed E-state index contributed by atoms with van der Waals surface area (Å²) in [7, 11) is 0. The fourth-order valence-electron chi connectivity index (χ4n) is 0.